The van der Waals surface area contributed by atoms with E-state index in [4.69, 9.17) is 16.3 Å². The average Bonchev–Trinajstić information content (AvgIpc) is 3.34. The Hall–Kier alpha value is -4.88. The first-order chi connectivity index (χ1) is 19.9. The minimum atomic E-state index is -0.850. The lowest BCUT2D eigenvalue weighted by atomic mass is 10.0. The highest BCUT2D eigenvalue weighted by Gasteiger charge is 2.25. The molecule has 0 spiro atoms. The number of hydrogen-bond donors (Lipinski definition) is 2. The van der Waals surface area contributed by atoms with Gasteiger partial charge in [0, 0.05) is 40.2 Å². The number of anilines is 1. The van der Waals surface area contributed by atoms with Gasteiger partial charge in [-0.3, -0.25) is 19.5 Å². The summed E-state index contributed by atoms with van der Waals surface area (Å²) < 4.78 is 7.94. The molecule has 0 fully saturated rings. The number of nitrogens with zero attached hydrogens (tertiary/aromatic N) is 3. The largest absolute Gasteiger partial charge is 0.442 e. The molecular weight excluding hydrogens is 558 g/mol. The third kappa shape index (κ3) is 6.70. The van der Waals surface area contributed by atoms with Crippen molar-refractivity contribution in [3.05, 3.63) is 98.2 Å². The molecule has 1 amide bonds. The van der Waals surface area contributed by atoms with Crippen molar-refractivity contribution in [2.24, 2.45) is 0 Å². The summed E-state index contributed by atoms with van der Waals surface area (Å²) in [5.41, 5.74) is 1.14. The van der Waals surface area contributed by atoms with Gasteiger partial charge < -0.3 is 14.6 Å². The van der Waals surface area contributed by atoms with Crippen molar-refractivity contribution in [2.75, 3.05) is 5.32 Å². The van der Waals surface area contributed by atoms with Crippen LogP contribution in [0.15, 0.2) is 76.4 Å². The number of carbonyl (C=O) groups is 2. The van der Waals surface area contributed by atoms with Gasteiger partial charge in [0.25, 0.3) is 11.1 Å². The van der Waals surface area contributed by atoms with Gasteiger partial charge in [-0.25, -0.2) is 4.79 Å². The molecule has 10 nitrogen and oxygen atoms in total. The lowest BCUT2D eigenvalue weighted by Crippen LogP contribution is -2.31. The predicted octanol–water partition coefficient (Wildman–Crippen LogP) is 5.96. The number of nitriles is 1. The van der Waals surface area contributed by atoms with Crippen molar-refractivity contribution in [3.8, 4) is 28.5 Å². The van der Waals surface area contributed by atoms with Crippen molar-refractivity contribution in [1.82, 2.24) is 14.3 Å². The van der Waals surface area contributed by atoms with E-state index >= 15 is 0 Å². The molecular formula is C31H30ClN5O5. The average molecular weight is 588 g/mol. The molecule has 0 aliphatic heterocycles. The van der Waals surface area contributed by atoms with Crippen LogP contribution in [0.1, 0.15) is 52.1 Å². The molecule has 0 saturated carbocycles. The zero-order valence-electron chi connectivity index (χ0n) is 23.6. The molecule has 1 unspecified atom stereocenters. The number of ether oxygens (including phenoxy) is 1. The van der Waals surface area contributed by atoms with Gasteiger partial charge in [-0.2, -0.15) is 9.94 Å². The maximum atomic E-state index is 13.0. The quantitative estimate of drug-likeness (QED) is 0.261. The van der Waals surface area contributed by atoms with Gasteiger partial charge in [0.2, 0.25) is 5.91 Å². The van der Waals surface area contributed by atoms with E-state index in [2.05, 4.69) is 16.5 Å². The molecule has 2 aromatic carbocycles. The number of aromatic nitrogens is 3. The monoisotopic (exact) mass is 587 g/mol. The molecule has 2 N–H and O–H groups in total. The number of halogens is 1. The van der Waals surface area contributed by atoms with Crippen molar-refractivity contribution >= 4 is 29.3 Å². The van der Waals surface area contributed by atoms with Crippen LogP contribution in [-0.2, 0) is 9.53 Å². The maximum absolute atomic E-state index is 13.0. The number of aromatic amines is 1. The molecule has 0 aliphatic rings. The topological polar surface area (TPSA) is 139 Å². The Bertz CT molecular complexity index is 1790. The van der Waals surface area contributed by atoms with Crippen LogP contribution in [0.3, 0.4) is 0 Å². The van der Waals surface area contributed by atoms with Gasteiger partial charge in [0.1, 0.15) is 11.6 Å². The highest BCUT2D eigenvalue weighted by Crippen LogP contribution is 2.27. The second-order valence-corrected chi connectivity index (χ2v) is 10.9. The second kappa shape index (κ2) is 12.3. The number of hydrogen-bond acceptors (Lipinski definition) is 6. The van der Waals surface area contributed by atoms with Gasteiger partial charge in [-0.1, -0.05) is 37.1 Å². The first kappa shape index (κ1) is 30.1. The number of benzene rings is 2. The van der Waals surface area contributed by atoms with Crippen molar-refractivity contribution in [3.63, 3.8) is 0 Å². The first-order valence-electron chi connectivity index (χ1n) is 13.3. The normalized spacial score (nSPS) is 11.9. The summed E-state index contributed by atoms with van der Waals surface area (Å²) in [5.74, 6) is -0.432. The summed E-state index contributed by atoms with van der Waals surface area (Å²) >= 11 is 6.08. The Morgan fingerprint density at radius 1 is 1.07 bits per heavy atom. The number of pyridine rings is 1. The fourth-order valence-electron chi connectivity index (χ4n) is 4.61. The van der Waals surface area contributed by atoms with Crippen LogP contribution >= 0.6 is 11.6 Å². The Kier molecular flexibility index (Phi) is 8.83. The second-order valence-electron chi connectivity index (χ2n) is 10.4. The number of H-pyrrole nitrogens is 1. The van der Waals surface area contributed by atoms with E-state index in [0.717, 1.165) is 11.1 Å². The van der Waals surface area contributed by atoms with Crippen LogP contribution in [0.25, 0.3) is 22.4 Å². The van der Waals surface area contributed by atoms with Crippen LogP contribution in [-0.4, -0.2) is 31.9 Å². The molecule has 0 radical (unpaired) electrons. The Balaban J connectivity index is 1.50. The van der Waals surface area contributed by atoms with E-state index in [0.29, 0.717) is 45.1 Å². The van der Waals surface area contributed by atoms with E-state index in [1.165, 1.54) is 22.9 Å². The molecule has 42 heavy (non-hydrogen) atoms. The fraction of sp³-hybridized carbons (Fsp3) is 0.258. The minimum Gasteiger partial charge on any atom is -0.442 e. The van der Waals surface area contributed by atoms with Crippen molar-refractivity contribution in [1.29, 1.82) is 5.26 Å². The van der Waals surface area contributed by atoms with Gasteiger partial charge in [0.05, 0.1) is 17.3 Å². The van der Waals surface area contributed by atoms with E-state index in [1.807, 2.05) is 6.92 Å². The maximum Gasteiger partial charge on any atom is 0.434 e. The molecule has 216 valence electrons. The Labute approximate surface area is 247 Å². The zero-order valence-corrected chi connectivity index (χ0v) is 24.4. The lowest BCUT2D eigenvalue weighted by Gasteiger charge is -2.24. The van der Waals surface area contributed by atoms with E-state index in [1.54, 1.807) is 69.3 Å². The highest BCUT2D eigenvalue weighted by molar-refractivity contribution is 6.30. The van der Waals surface area contributed by atoms with Crippen LogP contribution in [0.5, 0.6) is 0 Å². The molecule has 11 heteroatoms. The molecule has 0 bridgehead atoms. The van der Waals surface area contributed by atoms with Crippen LogP contribution in [0, 0.1) is 11.3 Å². The summed E-state index contributed by atoms with van der Waals surface area (Å²) in [6, 6.07) is 16.9. The molecule has 0 aliphatic carbocycles. The van der Waals surface area contributed by atoms with E-state index in [9.17, 15) is 24.4 Å². The van der Waals surface area contributed by atoms with Gasteiger partial charge in [-0.15, -0.1) is 0 Å². The molecule has 2 heterocycles. The van der Waals surface area contributed by atoms with Gasteiger partial charge in [0.15, 0.2) is 0 Å². The molecule has 4 aromatic rings. The zero-order chi connectivity index (χ0) is 30.6. The van der Waals surface area contributed by atoms with Crippen molar-refractivity contribution < 1.29 is 14.3 Å². The Morgan fingerprint density at radius 2 is 1.79 bits per heavy atom. The number of carbonyl (C=O) groups excluding carboxylic acids is 2. The number of rotatable bonds is 8. The molecule has 1 atom stereocenters. The van der Waals surface area contributed by atoms with Crippen LogP contribution in [0.4, 0.5) is 10.5 Å². The molecule has 0 saturated heterocycles. The highest BCUT2D eigenvalue weighted by atomic mass is 35.5. The van der Waals surface area contributed by atoms with Crippen molar-refractivity contribution in [2.45, 2.75) is 52.2 Å². The number of amides is 1. The summed E-state index contributed by atoms with van der Waals surface area (Å²) in [5, 5.41) is 15.1. The summed E-state index contributed by atoms with van der Waals surface area (Å²) in [4.78, 5) is 50.8. The van der Waals surface area contributed by atoms with Crippen LogP contribution < -0.4 is 16.4 Å². The summed E-state index contributed by atoms with van der Waals surface area (Å²) in [7, 11) is 0. The SMILES string of the molecule is CCCC(C)(C)OC(=O)n1[nH]c(=O)cc1-c1ccc(NC(=O)C(C)n2ccc(-c3cc(Cl)ccc3C#N)cc2=O)cc1. The minimum absolute atomic E-state index is 0.314. The molecule has 2 aromatic heterocycles. The first-order valence-corrected chi connectivity index (χ1v) is 13.7. The Morgan fingerprint density at radius 3 is 2.43 bits per heavy atom. The number of nitrogens with one attached hydrogen (secondary N) is 2. The summed E-state index contributed by atoms with van der Waals surface area (Å²) in [6.45, 7) is 7.19. The van der Waals surface area contributed by atoms with E-state index in [-0.39, 0.29) is 0 Å². The van der Waals surface area contributed by atoms with E-state index < -0.39 is 34.8 Å². The third-order valence-corrected chi connectivity index (χ3v) is 6.97. The molecule has 4 rings (SSSR count). The lowest BCUT2D eigenvalue weighted by molar-refractivity contribution is -0.118. The smallest absolute Gasteiger partial charge is 0.434 e. The van der Waals surface area contributed by atoms with Gasteiger partial charge in [-0.05, 0) is 69.2 Å². The third-order valence-electron chi connectivity index (χ3n) is 6.74. The summed E-state index contributed by atoms with van der Waals surface area (Å²) in [6.07, 6.45) is 2.28. The van der Waals surface area contributed by atoms with Gasteiger partial charge >= 0.3 is 6.09 Å². The van der Waals surface area contributed by atoms with Crippen LogP contribution in [0.2, 0.25) is 5.02 Å². The fourth-order valence-corrected chi connectivity index (χ4v) is 4.78. The predicted molar refractivity (Wildman–Crippen MR) is 161 cm³/mol. The standard InChI is InChI=1S/C31H30ClN5O5/c1-5-13-31(3,4)42-30(41)37-26(17-27(38)35-37)20-7-10-24(11-8-20)34-29(40)19(2)36-14-12-21(15-28(36)39)25-16-23(32)9-6-22(25)18-33/h6-12,14-17,19H,5,13H2,1-4H3,(H,34,40)(H,35,38).